The van der Waals surface area contributed by atoms with Gasteiger partial charge in [-0.3, -0.25) is 14.5 Å². The lowest BCUT2D eigenvalue weighted by atomic mass is 10.0. The minimum atomic E-state index is -1.13. The topological polar surface area (TPSA) is 112 Å². The summed E-state index contributed by atoms with van der Waals surface area (Å²) in [4.78, 5) is 38.2. The van der Waals surface area contributed by atoms with Crippen molar-refractivity contribution in [2.24, 2.45) is 0 Å². The van der Waals surface area contributed by atoms with Crippen LogP contribution in [0.1, 0.15) is 10.6 Å². The molecule has 2 aromatic rings. The van der Waals surface area contributed by atoms with Crippen molar-refractivity contribution in [3.8, 4) is 0 Å². The summed E-state index contributed by atoms with van der Waals surface area (Å²) < 4.78 is 0.762. The second kappa shape index (κ2) is 8.78. The van der Waals surface area contributed by atoms with Gasteiger partial charge in [0.15, 0.2) is 4.34 Å². The Morgan fingerprint density at radius 1 is 1.30 bits per heavy atom. The number of aryl methyl sites for hydroxylation is 1. The smallest absolute Gasteiger partial charge is 0.352 e. The maximum Gasteiger partial charge on any atom is 0.352 e. The minimum Gasteiger partial charge on any atom is -0.477 e. The van der Waals surface area contributed by atoms with E-state index in [2.05, 4.69) is 15.5 Å². The summed E-state index contributed by atoms with van der Waals surface area (Å²) in [7, 11) is 0. The fourth-order valence-electron chi connectivity index (χ4n) is 3.29. The molecular formula is C19H18N4O4S3. The molecule has 0 radical (unpaired) electrons. The number of nitrogens with zero attached hydrogens (tertiary/aromatic N) is 3. The van der Waals surface area contributed by atoms with Crippen LogP contribution < -0.4 is 5.32 Å². The predicted octanol–water partition coefficient (Wildman–Crippen LogP) is 1.92. The Labute approximate surface area is 185 Å². The monoisotopic (exact) mass is 462 g/mol. The van der Waals surface area contributed by atoms with Crippen LogP contribution >= 0.6 is 34.9 Å². The number of carboxylic acid groups (broad SMARTS) is 1. The van der Waals surface area contributed by atoms with Crippen molar-refractivity contribution >= 4 is 52.6 Å². The van der Waals surface area contributed by atoms with Crippen LogP contribution in [0.5, 0.6) is 0 Å². The van der Waals surface area contributed by atoms with Gasteiger partial charge in [-0.1, -0.05) is 53.4 Å². The molecule has 1 fully saturated rings. The number of nitrogens with one attached hydrogen (secondary N) is 1. The summed E-state index contributed by atoms with van der Waals surface area (Å²) in [5.41, 5.74) is 1.54. The van der Waals surface area contributed by atoms with Crippen molar-refractivity contribution in [2.75, 3.05) is 11.5 Å². The molecule has 2 aliphatic heterocycles. The van der Waals surface area contributed by atoms with E-state index in [-0.39, 0.29) is 23.9 Å². The van der Waals surface area contributed by atoms with E-state index >= 15 is 0 Å². The van der Waals surface area contributed by atoms with E-state index in [1.807, 2.05) is 37.3 Å². The largest absolute Gasteiger partial charge is 0.477 e. The van der Waals surface area contributed by atoms with Crippen LogP contribution in [0.2, 0.25) is 0 Å². The average Bonchev–Trinajstić information content (AvgIpc) is 3.15. The Bertz CT molecular complexity index is 1020. The molecule has 11 heteroatoms. The van der Waals surface area contributed by atoms with Crippen LogP contribution in [-0.4, -0.2) is 60.9 Å². The highest BCUT2D eigenvalue weighted by Gasteiger charge is 2.54. The molecule has 8 nitrogen and oxygen atoms in total. The molecule has 2 amide bonds. The average molecular weight is 463 g/mol. The lowest BCUT2D eigenvalue weighted by Gasteiger charge is -2.49. The molecule has 0 unspecified atom stereocenters. The lowest BCUT2D eigenvalue weighted by Crippen LogP contribution is -2.70. The quantitative estimate of drug-likeness (QED) is 0.474. The van der Waals surface area contributed by atoms with Gasteiger partial charge in [0.05, 0.1) is 6.42 Å². The SMILES string of the molecule is Cc1nnc(SCC2=C(C(=O)O)N3C(=O)[C@H](NC(=O)Cc4ccccc4)[C@@H]3SC2)s1. The summed E-state index contributed by atoms with van der Waals surface area (Å²) in [6.07, 6.45) is 0.173. The molecule has 4 rings (SSSR count). The molecule has 1 saturated heterocycles. The van der Waals surface area contributed by atoms with Gasteiger partial charge in [0.25, 0.3) is 5.91 Å². The zero-order valence-electron chi connectivity index (χ0n) is 15.9. The van der Waals surface area contributed by atoms with E-state index in [0.717, 1.165) is 14.9 Å². The molecule has 1 aromatic heterocycles. The van der Waals surface area contributed by atoms with Crippen LogP contribution in [0.15, 0.2) is 45.9 Å². The first-order chi connectivity index (χ1) is 14.4. The number of aliphatic carboxylic acids is 1. The number of hydrogen-bond donors (Lipinski definition) is 2. The number of carboxylic acids is 1. The summed E-state index contributed by atoms with van der Waals surface area (Å²) in [6.45, 7) is 1.86. The van der Waals surface area contributed by atoms with Crippen molar-refractivity contribution in [3.63, 3.8) is 0 Å². The fourth-order valence-corrected chi connectivity index (χ4v) is 6.59. The zero-order chi connectivity index (χ0) is 21.3. The Balaban J connectivity index is 1.43. The molecule has 0 spiro atoms. The number of carbonyl (C=O) groups is 3. The number of carbonyl (C=O) groups excluding carboxylic acids is 2. The number of benzene rings is 1. The highest BCUT2D eigenvalue weighted by Crippen LogP contribution is 2.41. The Morgan fingerprint density at radius 2 is 2.07 bits per heavy atom. The second-order valence-corrected chi connectivity index (χ2v) is 10.3. The van der Waals surface area contributed by atoms with Crippen LogP contribution in [-0.2, 0) is 20.8 Å². The maximum absolute atomic E-state index is 12.7. The normalized spacial score (nSPS) is 20.6. The molecule has 0 aliphatic carbocycles. The highest BCUT2D eigenvalue weighted by atomic mass is 32.2. The molecule has 0 bridgehead atoms. The van der Waals surface area contributed by atoms with E-state index in [0.29, 0.717) is 17.1 Å². The van der Waals surface area contributed by atoms with E-state index in [1.54, 1.807) is 0 Å². The van der Waals surface area contributed by atoms with Crippen molar-refractivity contribution in [1.82, 2.24) is 20.4 Å². The number of aromatic nitrogens is 2. The number of rotatable bonds is 7. The number of hydrogen-bond acceptors (Lipinski definition) is 8. The van der Waals surface area contributed by atoms with Gasteiger partial charge < -0.3 is 10.4 Å². The maximum atomic E-state index is 12.7. The van der Waals surface area contributed by atoms with Gasteiger partial charge in [-0.15, -0.1) is 22.0 Å². The lowest BCUT2D eigenvalue weighted by molar-refractivity contribution is -0.150. The third-order valence-electron chi connectivity index (χ3n) is 4.65. The molecule has 156 valence electrons. The van der Waals surface area contributed by atoms with E-state index < -0.39 is 17.4 Å². The minimum absolute atomic E-state index is 0.0195. The van der Waals surface area contributed by atoms with Crippen LogP contribution in [0.25, 0.3) is 0 Å². The molecule has 0 saturated carbocycles. The standard InChI is InChI=1S/C19H18N4O4S3/c1-10-21-22-19(30-10)29-9-12-8-28-17-14(16(25)23(17)15(12)18(26)27)20-13(24)7-11-5-3-2-4-6-11/h2-6,14,17H,7-9H2,1H3,(H,20,24)(H,26,27)/t14-,17-/m0/s1. The molecule has 30 heavy (non-hydrogen) atoms. The molecular weight excluding hydrogens is 444 g/mol. The van der Waals surface area contributed by atoms with Crippen LogP contribution in [0.3, 0.4) is 0 Å². The molecule has 2 aliphatic rings. The second-order valence-electron chi connectivity index (χ2n) is 6.75. The van der Waals surface area contributed by atoms with Gasteiger partial charge in [0.2, 0.25) is 5.91 Å². The fraction of sp³-hybridized carbons (Fsp3) is 0.316. The third-order valence-corrected chi connectivity index (χ3v) is 8.05. The van der Waals surface area contributed by atoms with E-state index in [4.69, 9.17) is 0 Å². The first-order valence-corrected chi connectivity index (χ1v) is 12.0. The van der Waals surface area contributed by atoms with Gasteiger partial charge in [-0.2, -0.15) is 0 Å². The van der Waals surface area contributed by atoms with Crippen molar-refractivity contribution in [3.05, 3.63) is 52.2 Å². The first kappa shape index (κ1) is 20.9. The molecule has 2 N–H and O–H groups in total. The molecule has 3 heterocycles. The number of fused-ring (bicyclic) bond motifs is 1. The Hall–Kier alpha value is -2.37. The van der Waals surface area contributed by atoms with Gasteiger partial charge in [-0.05, 0) is 18.1 Å². The van der Waals surface area contributed by atoms with Crippen molar-refractivity contribution < 1.29 is 19.5 Å². The Morgan fingerprint density at radius 3 is 2.73 bits per heavy atom. The van der Waals surface area contributed by atoms with E-state index in [1.165, 1.54) is 39.8 Å². The zero-order valence-corrected chi connectivity index (χ0v) is 18.4. The van der Waals surface area contributed by atoms with Crippen LogP contribution in [0.4, 0.5) is 0 Å². The summed E-state index contributed by atoms with van der Waals surface area (Å²) in [5.74, 6) is -0.878. The summed E-state index contributed by atoms with van der Waals surface area (Å²) >= 11 is 4.32. The van der Waals surface area contributed by atoms with Gasteiger partial charge in [0.1, 0.15) is 22.1 Å². The molecule has 2 atom stereocenters. The number of thioether (sulfide) groups is 2. The summed E-state index contributed by atoms with van der Waals surface area (Å²) in [5, 5.41) is 20.9. The Kier molecular flexibility index (Phi) is 6.11. The third kappa shape index (κ3) is 4.23. The molecule has 1 aromatic carbocycles. The summed E-state index contributed by atoms with van der Waals surface area (Å²) in [6, 6.07) is 8.55. The predicted molar refractivity (Wildman–Crippen MR) is 115 cm³/mol. The first-order valence-electron chi connectivity index (χ1n) is 9.10. The number of amides is 2. The van der Waals surface area contributed by atoms with Gasteiger partial charge in [0, 0.05) is 11.5 Å². The highest BCUT2D eigenvalue weighted by molar-refractivity contribution is 8.01. The van der Waals surface area contributed by atoms with Crippen molar-refractivity contribution in [1.29, 1.82) is 0 Å². The van der Waals surface area contributed by atoms with E-state index in [9.17, 15) is 19.5 Å². The number of β-lactam (4-membered cyclic amide) rings is 1. The van der Waals surface area contributed by atoms with Crippen molar-refractivity contribution in [2.45, 2.75) is 29.1 Å². The van der Waals surface area contributed by atoms with Crippen LogP contribution in [0, 0.1) is 6.92 Å². The van der Waals surface area contributed by atoms with Gasteiger partial charge >= 0.3 is 5.97 Å². The van der Waals surface area contributed by atoms with Gasteiger partial charge in [-0.25, -0.2) is 4.79 Å².